The second-order valence-corrected chi connectivity index (χ2v) is 7.64. The fourth-order valence-corrected chi connectivity index (χ4v) is 4.23. The molecule has 0 aliphatic carbocycles. The molecule has 26 heavy (non-hydrogen) atoms. The first-order chi connectivity index (χ1) is 12.6. The second-order valence-electron chi connectivity index (χ2n) is 6.63. The lowest BCUT2D eigenvalue weighted by atomic mass is 10.1. The third-order valence-corrected chi connectivity index (χ3v) is 5.77. The zero-order valence-corrected chi connectivity index (χ0v) is 15.3. The van der Waals surface area contributed by atoms with Crippen molar-refractivity contribution < 1.29 is 14.3 Å². The Morgan fingerprint density at radius 3 is 2.96 bits per heavy atom. The molecular weight excluding hydrogens is 352 g/mol. The maximum Gasteiger partial charge on any atom is 0.255 e. The van der Waals surface area contributed by atoms with Crippen LogP contribution in [0.2, 0.25) is 0 Å². The molecule has 8 heteroatoms. The summed E-state index contributed by atoms with van der Waals surface area (Å²) in [6.45, 7) is 3.20. The van der Waals surface area contributed by atoms with Gasteiger partial charge in [0.1, 0.15) is 11.1 Å². The van der Waals surface area contributed by atoms with Crippen molar-refractivity contribution in [3.63, 3.8) is 0 Å². The van der Waals surface area contributed by atoms with Crippen LogP contribution in [0.3, 0.4) is 0 Å². The van der Waals surface area contributed by atoms with Crippen molar-refractivity contribution in [3.05, 3.63) is 34.8 Å². The van der Waals surface area contributed by atoms with E-state index in [-0.39, 0.29) is 17.7 Å². The van der Waals surface area contributed by atoms with E-state index in [2.05, 4.69) is 15.5 Å². The molecule has 2 aliphatic rings. The molecule has 2 saturated heterocycles. The van der Waals surface area contributed by atoms with Crippen molar-refractivity contribution in [1.82, 2.24) is 10.2 Å². The molecule has 2 atom stereocenters. The molecule has 2 fully saturated rings. The van der Waals surface area contributed by atoms with E-state index in [4.69, 9.17) is 4.74 Å². The topological polar surface area (TPSA) is 84.4 Å². The van der Waals surface area contributed by atoms with Crippen LogP contribution >= 0.6 is 11.3 Å². The molecule has 0 spiro atoms. The molecule has 136 valence electrons. The van der Waals surface area contributed by atoms with Crippen molar-refractivity contribution in [3.8, 4) is 0 Å². The zero-order chi connectivity index (χ0) is 18.1. The summed E-state index contributed by atoms with van der Waals surface area (Å²) >= 11 is 1.33. The Morgan fingerprint density at radius 2 is 2.19 bits per heavy atom. The van der Waals surface area contributed by atoms with Crippen LogP contribution in [0, 0.1) is 6.92 Å². The lowest BCUT2D eigenvalue weighted by Gasteiger charge is -2.18. The lowest BCUT2D eigenvalue weighted by Crippen LogP contribution is -2.26. The van der Waals surface area contributed by atoms with Crippen molar-refractivity contribution in [1.29, 1.82) is 0 Å². The number of hydrogen-bond acceptors (Lipinski definition) is 6. The summed E-state index contributed by atoms with van der Waals surface area (Å²) in [5, 5.41) is 12.3. The number of aryl methyl sites for hydroxylation is 1. The van der Waals surface area contributed by atoms with Gasteiger partial charge in [-0.05, 0) is 31.4 Å². The molecule has 0 bridgehead atoms. The maximum atomic E-state index is 12.5. The lowest BCUT2D eigenvalue weighted by molar-refractivity contribution is -0.124. The van der Waals surface area contributed by atoms with Crippen LogP contribution in [-0.2, 0) is 14.3 Å². The number of hydrogen-bond donors (Lipinski definition) is 1. The van der Waals surface area contributed by atoms with E-state index in [1.54, 1.807) is 0 Å². The number of carbonyl (C=O) groups excluding carboxylic acids is 2. The highest BCUT2D eigenvalue weighted by Crippen LogP contribution is 2.35. The Hall–Kier alpha value is -2.32. The first-order valence-corrected chi connectivity index (χ1v) is 9.55. The third-order valence-electron chi connectivity index (χ3n) is 4.77. The Bertz CT molecular complexity index is 831. The molecule has 3 heterocycles. The van der Waals surface area contributed by atoms with E-state index < -0.39 is 6.10 Å². The Labute approximate surface area is 155 Å². The van der Waals surface area contributed by atoms with Gasteiger partial charge in [0.05, 0.1) is 0 Å². The highest BCUT2D eigenvalue weighted by atomic mass is 32.1. The number of aromatic nitrogens is 2. The van der Waals surface area contributed by atoms with Gasteiger partial charge in [-0.15, -0.1) is 10.2 Å². The van der Waals surface area contributed by atoms with Crippen LogP contribution in [0.4, 0.5) is 10.8 Å². The largest absolute Gasteiger partial charge is 0.368 e. The Morgan fingerprint density at radius 1 is 1.35 bits per heavy atom. The smallest absolute Gasteiger partial charge is 0.255 e. The molecule has 2 unspecified atom stereocenters. The molecule has 2 amide bonds. The first kappa shape index (κ1) is 17.1. The van der Waals surface area contributed by atoms with Gasteiger partial charge in [-0.3, -0.25) is 14.9 Å². The van der Waals surface area contributed by atoms with E-state index >= 15 is 0 Å². The normalized spacial score (nSPS) is 22.8. The standard InChI is InChI=1S/C18H20N4O3S/c1-11-5-2-3-6-13(11)22-10-12(9-15(22)23)17-20-21-18(26-17)19-16(24)14-7-4-8-25-14/h2-3,5-6,12,14H,4,7-10H2,1H3,(H,19,21,24). The van der Waals surface area contributed by atoms with E-state index in [9.17, 15) is 9.59 Å². The fraction of sp³-hybridized carbons (Fsp3) is 0.444. The summed E-state index contributed by atoms with van der Waals surface area (Å²) in [6, 6.07) is 7.86. The summed E-state index contributed by atoms with van der Waals surface area (Å²) < 4.78 is 5.37. The van der Waals surface area contributed by atoms with Crippen molar-refractivity contribution in [2.75, 3.05) is 23.4 Å². The first-order valence-electron chi connectivity index (χ1n) is 8.73. The van der Waals surface area contributed by atoms with Crippen molar-refractivity contribution in [2.45, 2.75) is 38.2 Å². The molecule has 0 radical (unpaired) electrons. The number of ether oxygens (including phenoxy) is 1. The molecule has 4 rings (SSSR count). The number of benzene rings is 1. The summed E-state index contributed by atoms with van der Waals surface area (Å²) in [5.41, 5.74) is 2.01. The van der Waals surface area contributed by atoms with Gasteiger partial charge >= 0.3 is 0 Å². The maximum absolute atomic E-state index is 12.5. The van der Waals surface area contributed by atoms with Crippen LogP contribution in [-0.4, -0.2) is 41.3 Å². The number of anilines is 2. The number of nitrogens with one attached hydrogen (secondary N) is 1. The van der Waals surface area contributed by atoms with Gasteiger partial charge in [0.25, 0.3) is 5.91 Å². The molecule has 1 aromatic heterocycles. The predicted octanol–water partition coefficient (Wildman–Crippen LogP) is 2.48. The third kappa shape index (κ3) is 3.34. The minimum atomic E-state index is -0.396. The van der Waals surface area contributed by atoms with Crippen molar-refractivity contribution in [2.24, 2.45) is 0 Å². The Kier molecular flexibility index (Phi) is 4.69. The van der Waals surface area contributed by atoms with Crippen LogP contribution in [0.1, 0.15) is 35.8 Å². The van der Waals surface area contributed by atoms with Gasteiger partial charge in [0, 0.05) is 31.2 Å². The number of nitrogens with zero attached hydrogens (tertiary/aromatic N) is 3. The van der Waals surface area contributed by atoms with Crippen LogP contribution < -0.4 is 10.2 Å². The minimum Gasteiger partial charge on any atom is -0.368 e. The predicted molar refractivity (Wildman–Crippen MR) is 98.4 cm³/mol. The quantitative estimate of drug-likeness (QED) is 0.891. The fourth-order valence-electron chi connectivity index (χ4n) is 3.39. The molecule has 1 aromatic carbocycles. The summed E-state index contributed by atoms with van der Waals surface area (Å²) in [7, 11) is 0. The number of rotatable bonds is 4. The van der Waals surface area contributed by atoms with E-state index in [0.29, 0.717) is 24.7 Å². The number of para-hydroxylation sites is 1. The molecule has 0 saturated carbocycles. The molecule has 7 nitrogen and oxygen atoms in total. The van der Waals surface area contributed by atoms with Gasteiger partial charge in [0.2, 0.25) is 11.0 Å². The average Bonchev–Trinajstić information content (AvgIpc) is 3.36. The number of carbonyl (C=O) groups is 2. The van der Waals surface area contributed by atoms with E-state index in [0.717, 1.165) is 29.1 Å². The number of amides is 2. The summed E-state index contributed by atoms with van der Waals surface area (Å²) in [4.78, 5) is 26.4. The van der Waals surface area contributed by atoms with E-state index in [1.807, 2.05) is 36.1 Å². The van der Waals surface area contributed by atoms with Gasteiger partial charge in [-0.25, -0.2) is 0 Å². The monoisotopic (exact) mass is 372 g/mol. The van der Waals surface area contributed by atoms with E-state index in [1.165, 1.54) is 11.3 Å². The van der Waals surface area contributed by atoms with Gasteiger partial charge in [-0.1, -0.05) is 29.5 Å². The Balaban J connectivity index is 1.44. The summed E-state index contributed by atoms with van der Waals surface area (Å²) in [5.74, 6) is -0.0911. The zero-order valence-electron chi connectivity index (χ0n) is 14.5. The molecular formula is C18H20N4O3S. The molecule has 2 aromatic rings. The highest BCUT2D eigenvalue weighted by molar-refractivity contribution is 7.15. The SMILES string of the molecule is Cc1ccccc1N1CC(c2nnc(NC(=O)C3CCCO3)s2)CC1=O. The highest BCUT2D eigenvalue weighted by Gasteiger charge is 2.34. The van der Waals surface area contributed by atoms with Gasteiger partial charge in [0.15, 0.2) is 0 Å². The second kappa shape index (κ2) is 7.13. The summed E-state index contributed by atoms with van der Waals surface area (Å²) in [6.07, 6.45) is 1.65. The van der Waals surface area contributed by atoms with Gasteiger partial charge < -0.3 is 9.64 Å². The molecule has 2 aliphatic heterocycles. The van der Waals surface area contributed by atoms with Crippen LogP contribution in [0.15, 0.2) is 24.3 Å². The van der Waals surface area contributed by atoms with Crippen molar-refractivity contribution >= 4 is 34.0 Å². The van der Waals surface area contributed by atoms with Crippen LogP contribution in [0.25, 0.3) is 0 Å². The van der Waals surface area contributed by atoms with Gasteiger partial charge in [-0.2, -0.15) is 0 Å². The average molecular weight is 372 g/mol. The van der Waals surface area contributed by atoms with Crippen LogP contribution in [0.5, 0.6) is 0 Å². The molecule has 1 N–H and O–H groups in total. The minimum absolute atomic E-state index is 0.00649.